The van der Waals surface area contributed by atoms with Crippen LogP contribution >= 0.6 is 15.9 Å². The van der Waals surface area contributed by atoms with Gasteiger partial charge in [0.1, 0.15) is 16.0 Å². The van der Waals surface area contributed by atoms with Gasteiger partial charge in [-0.3, -0.25) is 0 Å². The Morgan fingerprint density at radius 1 is 1.23 bits per heavy atom. The lowest BCUT2D eigenvalue weighted by atomic mass is 10.3. The summed E-state index contributed by atoms with van der Waals surface area (Å²) < 4.78 is 2.36. The summed E-state index contributed by atoms with van der Waals surface area (Å²) in [5, 5.41) is 13.6. The number of phenolic OH excluding ortho intramolecular Hbond substituents is 1. The number of hydrogen-bond acceptors (Lipinski definition) is 2. The molecule has 1 aromatic carbocycles. The largest absolute Gasteiger partial charge is 0.506 e. The van der Waals surface area contributed by atoms with E-state index in [0.717, 1.165) is 4.60 Å². The maximum atomic E-state index is 9.50. The first-order chi connectivity index (χ1) is 6.27. The predicted molar refractivity (Wildman–Crippen MR) is 52.9 cm³/mol. The molecule has 0 unspecified atom stereocenters. The summed E-state index contributed by atoms with van der Waals surface area (Å²) in [5.41, 5.74) is 0.674. The van der Waals surface area contributed by atoms with Crippen molar-refractivity contribution in [3.05, 3.63) is 41.1 Å². The van der Waals surface area contributed by atoms with Crippen LogP contribution in [0.4, 0.5) is 0 Å². The van der Waals surface area contributed by atoms with Crippen molar-refractivity contribution in [1.29, 1.82) is 0 Å². The van der Waals surface area contributed by atoms with Crippen molar-refractivity contribution >= 4 is 15.9 Å². The zero-order valence-electron chi connectivity index (χ0n) is 6.68. The van der Waals surface area contributed by atoms with Crippen LogP contribution in [-0.2, 0) is 0 Å². The first kappa shape index (κ1) is 8.31. The second-order valence-electron chi connectivity index (χ2n) is 2.57. The van der Waals surface area contributed by atoms with E-state index in [-0.39, 0.29) is 5.75 Å². The lowest BCUT2D eigenvalue weighted by Gasteiger charge is -2.02. The summed E-state index contributed by atoms with van der Waals surface area (Å²) >= 11 is 3.24. The standard InChI is InChI=1S/C9H7BrN2O/c10-9-5-6-12(11-9)7-3-1-2-4-8(7)13/h1-6,13H. The van der Waals surface area contributed by atoms with Crippen LogP contribution in [-0.4, -0.2) is 14.9 Å². The molecule has 3 nitrogen and oxygen atoms in total. The molecule has 1 aromatic heterocycles. The highest BCUT2D eigenvalue weighted by atomic mass is 79.9. The van der Waals surface area contributed by atoms with Crippen LogP contribution in [0.3, 0.4) is 0 Å². The van der Waals surface area contributed by atoms with E-state index in [2.05, 4.69) is 21.0 Å². The van der Waals surface area contributed by atoms with E-state index in [1.807, 2.05) is 12.1 Å². The minimum atomic E-state index is 0.220. The van der Waals surface area contributed by atoms with Gasteiger partial charge < -0.3 is 5.11 Å². The smallest absolute Gasteiger partial charge is 0.141 e. The Bertz CT molecular complexity index is 425. The Kier molecular flexibility index (Phi) is 2.06. The molecule has 0 saturated carbocycles. The number of phenols is 1. The average molecular weight is 239 g/mol. The van der Waals surface area contributed by atoms with Crippen LogP contribution in [0.5, 0.6) is 5.75 Å². The topological polar surface area (TPSA) is 38.0 Å². The second kappa shape index (κ2) is 3.22. The average Bonchev–Trinajstić information content (AvgIpc) is 2.53. The van der Waals surface area contributed by atoms with Crippen molar-refractivity contribution in [2.24, 2.45) is 0 Å². The molecule has 2 rings (SSSR count). The summed E-state index contributed by atoms with van der Waals surface area (Å²) in [6.07, 6.45) is 1.78. The van der Waals surface area contributed by atoms with E-state index in [9.17, 15) is 5.11 Å². The summed E-state index contributed by atoms with van der Waals surface area (Å²) in [6, 6.07) is 8.87. The molecule has 0 bridgehead atoms. The van der Waals surface area contributed by atoms with Crippen LogP contribution in [0.2, 0.25) is 0 Å². The number of aromatic nitrogens is 2. The first-order valence-electron chi connectivity index (χ1n) is 3.77. The maximum absolute atomic E-state index is 9.50. The Morgan fingerprint density at radius 2 is 2.00 bits per heavy atom. The van der Waals surface area contributed by atoms with Crippen molar-refractivity contribution in [2.45, 2.75) is 0 Å². The minimum absolute atomic E-state index is 0.220. The Balaban J connectivity index is 2.52. The van der Waals surface area contributed by atoms with Crippen LogP contribution in [0.1, 0.15) is 0 Å². The molecule has 66 valence electrons. The van der Waals surface area contributed by atoms with Crippen LogP contribution in [0, 0.1) is 0 Å². The van der Waals surface area contributed by atoms with Crippen molar-refractivity contribution in [1.82, 2.24) is 9.78 Å². The quantitative estimate of drug-likeness (QED) is 0.829. The summed E-state index contributed by atoms with van der Waals surface area (Å²) in [7, 11) is 0. The monoisotopic (exact) mass is 238 g/mol. The van der Waals surface area contributed by atoms with Gasteiger partial charge in [0.2, 0.25) is 0 Å². The van der Waals surface area contributed by atoms with E-state index < -0.39 is 0 Å². The van der Waals surface area contributed by atoms with Crippen molar-refractivity contribution in [3.63, 3.8) is 0 Å². The molecule has 0 amide bonds. The van der Waals surface area contributed by atoms with Gasteiger partial charge in [-0.15, -0.1) is 0 Å². The van der Waals surface area contributed by atoms with Gasteiger partial charge in [-0.25, -0.2) is 4.68 Å². The summed E-state index contributed by atoms with van der Waals surface area (Å²) in [6.45, 7) is 0. The molecule has 0 aliphatic carbocycles. The Hall–Kier alpha value is -1.29. The number of rotatable bonds is 1. The highest BCUT2D eigenvalue weighted by Gasteiger charge is 2.02. The van der Waals surface area contributed by atoms with Gasteiger partial charge in [-0.2, -0.15) is 5.10 Å². The fourth-order valence-corrected chi connectivity index (χ4v) is 1.38. The minimum Gasteiger partial charge on any atom is -0.506 e. The molecule has 2 aromatic rings. The first-order valence-corrected chi connectivity index (χ1v) is 4.56. The fourth-order valence-electron chi connectivity index (χ4n) is 1.09. The van der Waals surface area contributed by atoms with Gasteiger partial charge in [-0.05, 0) is 34.1 Å². The molecule has 13 heavy (non-hydrogen) atoms. The van der Waals surface area contributed by atoms with E-state index in [0.29, 0.717) is 5.69 Å². The third kappa shape index (κ3) is 1.58. The number of nitrogens with zero attached hydrogens (tertiary/aromatic N) is 2. The highest BCUT2D eigenvalue weighted by molar-refractivity contribution is 9.10. The van der Waals surface area contributed by atoms with Gasteiger partial charge >= 0.3 is 0 Å². The zero-order valence-corrected chi connectivity index (χ0v) is 8.27. The predicted octanol–water partition coefficient (Wildman–Crippen LogP) is 2.34. The maximum Gasteiger partial charge on any atom is 0.141 e. The second-order valence-corrected chi connectivity index (χ2v) is 3.38. The normalized spacial score (nSPS) is 10.2. The summed E-state index contributed by atoms with van der Waals surface area (Å²) in [5.74, 6) is 0.220. The van der Waals surface area contributed by atoms with Gasteiger partial charge in [0.15, 0.2) is 0 Å². The molecular formula is C9H7BrN2O. The zero-order chi connectivity index (χ0) is 9.26. The van der Waals surface area contributed by atoms with Crippen LogP contribution < -0.4 is 0 Å². The Labute approximate surface area is 83.8 Å². The van der Waals surface area contributed by atoms with Gasteiger partial charge in [-0.1, -0.05) is 12.1 Å². The third-order valence-electron chi connectivity index (χ3n) is 1.69. The SMILES string of the molecule is Oc1ccccc1-n1ccc(Br)n1. The molecular weight excluding hydrogens is 232 g/mol. The number of para-hydroxylation sites is 2. The van der Waals surface area contributed by atoms with Crippen LogP contribution in [0.15, 0.2) is 41.1 Å². The number of aromatic hydroxyl groups is 1. The molecule has 0 radical (unpaired) electrons. The van der Waals surface area contributed by atoms with E-state index in [4.69, 9.17) is 0 Å². The molecule has 1 N–H and O–H groups in total. The molecule has 0 aliphatic heterocycles. The fraction of sp³-hybridized carbons (Fsp3) is 0. The number of benzene rings is 1. The van der Waals surface area contributed by atoms with Crippen molar-refractivity contribution < 1.29 is 5.11 Å². The van der Waals surface area contributed by atoms with Gasteiger partial charge in [0, 0.05) is 6.20 Å². The molecule has 0 aliphatic rings. The molecule has 1 heterocycles. The lowest BCUT2D eigenvalue weighted by molar-refractivity contribution is 0.470. The number of hydrogen-bond donors (Lipinski definition) is 1. The van der Waals surface area contributed by atoms with E-state index in [1.54, 1.807) is 29.1 Å². The van der Waals surface area contributed by atoms with Gasteiger partial charge in [0.05, 0.1) is 0 Å². The molecule has 0 spiro atoms. The molecule has 0 saturated heterocycles. The number of halogens is 1. The molecule has 0 atom stereocenters. The third-order valence-corrected chi connectivity index (χ3v) is 2.11. The lowest BCUT2D eigenvalue weighted by Crippen LogP contribution is -1.94. The van der Waals surface area contributed by atoms with Crippen molar-refractivity contribution in [2.75, 3.05) is 0 Å². The van der Waals surface area contributed by atoms with E-state index >= 15 is 0 Å². The Morgan fingerprint density at radius 3 is 2.62 bits per heavy atom. The highest BCUT2D eigenvalue weighted by Crippen LogP contribution is 2.20. The van der Waals surface area contributed by atoms with Crippen molar-refractivity contribution in [3.8, 4) is 11.4 Å². The van der Waals surface area contributed by atoms with E-state index in [1.165, 1.54) is 0 Å². The molecule has 0 fully saturated rings. The molecule has 4 heteroatoms. The summed E-state index contributed by atoms with van der Waals surface area (Å²) in [4.78, 5) is 0. The van der Waals surface area contributed by atoms with Crippen LogP contribution in [0.25, 0.3) is 5.69 Å². The van der Waals surface area contributed by atoms with Gasteiger partial charge in [0.25, 0.3) is 0 Å².